The number of thiazole rings is 1. The molecule has 0 aliphatic carbocycles. The lowest BCUT2D eigenvalue weighted by Crippen LogP contribution is -2.25. The summed E-state index contributed by atoms with van der Waals surface area (Å²) in [6.45, 7) is 2.13. The van der Waals surface area contributed by atoms with E-state index in [-0.39, 0.29) is 12.5 Å². The average molecular weight is 324 g/mol. The number of aryl methyl sites for hydroxylation is 1. The van der Waals surface area contributed by atoms with Crippen molar-refractivity contribution in [2.24, 2.45) is 5.10 Å². The maximum atomic E-state index is 11.8. The minimum absolute atomic E-state index is 0.130. The molecule has 3 rings (SSSR count). The molecule has 1 aromatic heterocycles. The lowest BCUT2D eigenvalue weighted by atomic mass is 10.1. The Labute approximate surface area is 138 Å². The predicted molar refractivity (Wildman–Crippen MR) is 95.0 cm³/mol. The summed E-state index contributed by atoms with van der Waals surface area (Å²) in [5.74, 6) is -0.214. The summed E-state index contributed by atoms with van der Waals surface area (Å²) in [5, 5.41) is 7.72. The molecular formula is C17H16N4OS. The number of amides is 1. The Morgan fingerprint density at radius 1 is 1.22 bits per heavy atom. The number of carbonyl (C=O) groups excluding carboxylic acids is 1. The third-order valence-corrected chi connectivity index (χ3v) is 4.27. The number of fused-ring (bicyclic) bond motifs is 1. The molecule has 0 radical (unpaired) electrons. The molecule has 1 amide bonds. The van der Waals surface area contributed by atoms with Gasteiger partial charge in [0.1, 0.15) is 0 Å². The van der Waals surface area contributed by atoms with Crippen LogP contribution in [0.15, 0.2) is 53.6 Å². The van der Waals surface area contributed by atoms with Crippen LogP contribution in [0.2, 0.25) is 0 Å². The van der Waals surface area contributed by atoms with E-state index in [1.807, 2.05) is 55.5 Å². The summed E-state index contributed by atoms with van der Waals surface area (Å²) in [4.78, 5) is 16.2. The average Bonchev–Trinajstić information content (AvgIpc) is 2.98. The van der Waals surface area contributed by atoms with E-state index >= 15 is 0 Å². The summed E-state index contributed by atoms with van der Waals surface area (Å²) in [6, 6.07) is 15.7. The minimum atomic E-state index is -0.214. The first-order chi connectivity index (χ1) is 11.2. The summed E-state index contributed by atoms with van der Waals surface area (Å²) in [6.07, 6.45) is 1.64. The molecular weight excluding hydrogens is 308 g/mol. The Kier molecular flexibility index (Phi) is 4.63. The summed E-state index contributed by atoms with van der Waals surface area (Å²) in [7, 11) is 0. The number of nitrogens with zero attached hydrogens (tertiary/aromatic N) is 2. The molecule has 2 N–H and O–H groups in total. The van der Waals surface area contributed by atoms with Crippen LogP contribution in [0, 0.1) is 6.92 Å². The van der Waals surface area contributed by atoms with Crippen molar-refractivity contribution in [1.29, 1.82) is 0 Å². The Morgan fingerprint density at radius 3 is 2.83 bits per heavy atom. The predicted octanol–water partition coefficient (Wildman–Crippen LogP) is 3.17. The second-order valence-corrected chi connectivity index (χ2v) is 6.02. The van der Waals surface area contributed by atoms with E-state index in [4.69, 9.17) is 0 Å². The van der Waals surface area contributed by atoms with Gasteiger partial charge in [-0.15, -0.1) is 0 Å². The van der Waals surface area contributed by atoms with Gasteiger partial charge in [-0.1, -0.05) is 47.7 Å². The lowest BCUT2D eigenvalue weighted by Gasteiger charge is -2.01. The summed E-state index contributed by atoms with van der Waals surface area (Å²) in [5.41, 5.74) is 5.52. The van der Waals surface area contributed by atoms with Gasteiger partial charge in [0, 0.05) is 0 Å². The Bertz CT molecular complexity index is 823. The number of hydrazone groups is 1. The molecule has 0 spiro atoms. The number of anilines is 1. The number of benzene rings is 2. The van der Waals surface area contributed by atoms with E-state index in [1.54, 1.807) is 6.21 Å². The molecule has 6 heteroatoms. The van der Waals surface area contributed by atoms with E-state index in [0.717, 1.165) is 26.5 Å². The van der Waals surface area contributed by atoms with Crippen LogP contribution in [0.5, 0.6) is 0 Å². The second kappa shape index (κ2) is 7.02. The van der Waals surface area contributed by atoms with Crippen molar-refractivity contribution in [2.45, 2.75) is 6.92 Å². The van der Waals surface area contributed by atoms with Crippen LogP contribution in [0.3, 0.4) is 0 Å². The van der Waals surface area contributed by atoms with Crippen LogP contribution in [0.25, 0.3) is 10.2 Å². The number of rotatable bonds is 5. The number of hydrogen-bond acceptors (Lipinski definition) is 5. The van der Waals surface area contributed by atoms with E-state index in [9.17, 15) is 4.79 Å². The smallest absolute Gasteiger partial charge is 0.259 e. The van der Waals surface area contributed by atoms with E-state index < -0.39 is 0 Å². The minimum Gasteiger partial charge on any atom is -0.352 e. The first kappa shape index (κ1) is 15.2. The van der Waals surface area contributed by atoms with Crippen LogP contribution in [0.4, 0.5) is 5.13 Å². The number of hydrogen-bond donors (Lipinski definition) is 2. The molecule has 23 heavy (non-hydrogen) atoms. The fourth-order valence-electron chi connectivity index (χ4n) is 2.05. The third-order valence-electron chi connectivity index (χ3n) is 3.28. The molecule has 0 fully saturated rings. The van der Waals surface area contributed by atoms with Gasteiger partial charge in [-0.2, -0.15) is 5.10 Å². The van der Waals surface area contributed by atoms with Gasteiger partial charge in [-0.25, -0.2) is 10.4 Å². The van der Waals surface area contributed by atoms with E-state index in [1.165, 1.54) is 11.3 Å². The molecule has 0 atom stereocenters. The third kappa shape index (κ3) is 3.92. The van der Waals surface area contributed by atoms with Gasteiger partial charge in [0.25, 0.3) is 5.91 Å². The monoisotopic (exact) mass is 324 g/mol. The van der Waals surface area contributed by atoms with E-state index in [2.05, 4.69) is 20.8 Å². The van der Waals surface area contributed by atoms with Crippen molar-refractivity contribution in [3.8, 4) is 0 Å². The van der Waals surface area contributed by atoms with Crippen LogP contribution < -0.4 is 10.7 Å². The van der Waals surface area contributed by atoms with Gasteiger partial charge in [0.15, 0.2) is 5.13 Å². The highest BCUT2D eigenvalue weighted by Crippen LogP contribution is 2.24. The standard InChI is InChI=1S/C17H16N4OS/c1-12-6-2-3-7-13(12)10-19-21-16(22)11-18-17-20-14-8-4-5-9-15(14)23-17/h2-10H,11H2,1H3,(H,18,20)(H,21,22)/b19-10-. The second-order valence-electron chi connectivity index (χ2n) is 4.99. The Hall–Kier alpha value is -2.73. The summed E-state index contributed by atoms with van der Waals surface area (Å²) >= 11 is 1.52. The molecule has 2 aromatic carbocycles. The van der Waals surface area contributed by atoms with Gasteiger partial charge >= 0.3 is 0 Å². The first-order valence-electron chi connectivity index (χ1n) is 7.19. The van der Waals surface area contributed by atoms with Crippen LogP contribution in [0.1, 0.15) is 11.1 Å². The van der Waals surface area contributed by atoms with Gasteiger partial charge in [-0.3, -0.25) is 4.79 Å². The van der Waals surface area contributed by atoms with Crippen molar-refractivity contribution >= 4 is 38.8 Å². The molecule has 0 saturated carbocycles. The molecule has 116 valence electrons. The van der Waals surface area contributed by atoms with Crippen molar-refractivity contribution in [1.82, 2.24) is 10.4 Å². The Balaban J connectivity index is 1.52. The van der Waals surface area contributed by atoms with Crippen molar-refractivity contribution in [2.75, 3.05) is 11.9 Å². The van der Waals surface area contributed by atoms with E-state index in [0.29, 0.717) is 0 Å². The zero-order valence-corrected chi connectivity index (χ0v) is 13.4. The molecule has 0 bridgehead atoms. The molecule has 0 unspecified atom stereocenters. The molecule has 5 nitrogen and oxygen atoms in total. The fraction of sp³-hybridized carbons (Fsp3) is 0.118. The maximum Gasteiger partial charge on any atom is 0.259 e. The van der Waals surface area contributed by atoms with Gasteiger partial charge < -0.3 is 5.32 Å². The van der Waals surface area contributed by atoms with Crippen molar-refractivity contribution in [3.05, 3.63) is 59.7 Å². The van der Waals surface area contributed by atoms with Crippen molar-refractivity contribution < 1.29 is 4.79 Å². The van der Waals surface area contributed by atoms with Crippen LogP contribution in [-0.2, 0) is 4.79 Å². The number of para-hydroxylation sites is 1. The molecule has 0 saturated heterocycles. The largest absolute Gasteiger partial charge is 0.352 e. The zero-order chi connectivity index (χ0) is 16.1. The SMILES string of the molecule is Cc1ccccc1/C=N\NC(=O)CNc1nc2ccccc2s1. The highest BCUT2D eigenvalue weighted by molar-refractivity contribution is 7.22. The Morgan fingerprint density at radius 2 is 2.00 bits per heavy atom. The highest BCUT2D eigenvalue weighted by atomic mass is 32.1. The highest BCUT2D eigenvalue weighted by Gasteiger charge is 2.04. The number of aromatic nitrogens is 1. The molecule has 1 heterocycles. The number of carbonyl (C=O) groups is 1. The molecule has 0 aliphatic rings. The quantitative estimate of drug-likeness (QED) is 0.559. The van der Waals surface area contributed by atoms with Crippen LogP contribution in [-0.4, -0.2) is 23.7 Å². The van der Waals surface area contributed by atoms with Gasteiger partial charge in [0.2, 0.25) is 0 Å². The first-order valence-corrected chi connectivity index (χ1v) is 8.01. The summed E-state index contributed by atoms with van der Waals surface area (Å²) < 4.78 is 1.09. The zero-order valence-electron chi connectivity index (χ0n) is 12.6. The molecule has 3 aromatic rings. The lowest BCUT2D eigenvalue weighted by molar-refractivity contribution is -0.119. The maximum absolute atomic E-state index is 11.8. The van der Waals surface area contributed by atoms with Gasteiger partial charge in [0.05, 0.1) is 23.0 Å². The normalized spacial score (nSPS) is 11.0. The molecule has 0 aliphatic heterocycles. The topological polar surface area (TPSA) is 66.4 Å². The van der Waals surface area contributed by atoms with Gasteiger partial charge in [-0.05, 0) is 30.2 Å². The van der Waals surface area contributed by atoms with Crippen molar-refractivity contribution in [3.63, 3.8) is 0 Å². The number of nitrogens with one attached hydrogen (secondary N) is 2. The van der Waals surface area contributed by atoms with Crippen LogP contribution >= 0.6 is 11.3 Å². The fourth-order valence-corrected chi connectivity index (χ4v) is 2.91.